The molecule has 3 heteroatoms. The van der Waals surface area contributed by atoms with Gasteiger partial charge in [-0.15, -0.1) is 0 Å². The fourth-order valence-corrected chi connectivity index (χ4v) is 4.31. The summed E-state index contributed by atoms with van der Waals surface area (Å²) in [6.07, 6.45) is 8.09. The van der Waals surface area contributed by atoms with Crippen LogP contribution in [0.4, 0.5) is 0 Å². The first kappa shape index (κ1) is 13.8. The van der Waals surface area contributed by atoms with E-state index in [0.717, 1.165) is 37.3 Å². The number of fused-ring (bicyclic) bond motifs is 2. The second-order valence-electron chi connectivity index (χ2n) is 7.11. The van der Waals surface area contributed by atoms with Crippen molar-refractivity contribution < 1.29 is 4.74 Å². The Kier molecular flexibility index (Phi) is 4.45. The molecule has 0 spiro atoms. The molecule has 0 aromatic heterocycles. The highest BCUT2D eigenvalue weighted by atomic mass is 16.5. The minimum Gasteiger partial charge on any atom is -0.381 e. The zero-order chi connectivity index (χ0) is 13.2. The summed E-state index contributed by atoms with van der Waals surface area (Å²) in [5.41, 5.74) is 0. The predicted octanol–water partition coefficient (Wildman–Crippen LogP) is 2.41. The predicted molar refractivity (Wildman–Crippen MR) is 78.4 cm³/mol. The summed E-state index contributed by atoms with van der Waals surface area (Å²) in [6, 6.07) is 3.12. The molecule has 2 bridgehead atoms. The molecular formula is C16H30N2O. The van der Waals surface area contributed by atoms with Crippen LogP contribution in [-0.2, 0) is 4.74 Å². The van der Waals surface area contributed by atoms with Gasteiger partial charge in [-0.25, -0.2) is 0 Å². The van der Waals surface area contributed by atoms with Crippen molar-refractivity contribution >= 4 is 0 Å². The summed E-state index contributed by atoms with van der Waals surface area (Å²) >= 11 is 0. The van der Waals surface area contributed by atoms with Crippen LogP contribution in [-0.4, -0.2) is 48.8 Å². The number of nitrogens with one attached hydrogen (secondary N) is 1. The van der Waals surface area contributed by atoms with Gasteiger partial charge in [0.25, 0.3) is 0 Å². The molecule has 1 N–H and O–H groups in total. The Morgan fingerprint density at radius 2 is 1.68 bits per heavy atom. The van der Waals surface area contributed by atoms with Gasteiger partial charge >= 0.3 is 0 Å². The molecule has 3 nitrogen and oxygen atoms in total. The van der Waals surface area contributed by atoms with E-state index < -0.39 is 0 Å². The van der Waals surface area contributed by atoms with Crippen LogP contribution in [0.3, 0.4) is 0 Å². The van der Waals surface area contributed by atoms with Gasteiger partial charge in [0.2, 0.25) is 0 Å². The Balaban J connectivity index is 1.60. The van der Waals surface area contributed by atoms with Crippen molar-refractivity contribution in [3.05, 3.63) is 0 Å². The highest BCUT2D eigenvalue weighted by Gasteiger charge is 2.37. The lowest BCUT2D eigenvalue weighted by molar-refractivity contribution is 0.0292. The first-order valence-electron chi connectivity index (χ1n) is 8.32. The van der Waals surface area contributed by atoms with Crippen LogP contribution in [0.1, 0.15) is 52.4 Å². The molecule has 3 aliphatic rings. The van der Waals surface area contributed by atoms with Crippen molar-refractivity contribution in [2.24, 2.45) is 5.92 Å². The van der Waals surface area contributed by atoms with E-state index in [1.165, 1.54) is 45.1 Å². The van der Waals surface area contributed by atoms with Crippen LogP contribution in [0.2, 0.25) is 0 Å². The molecule has 0 aromatic carbocycles. The van der Waals surface area contributed by atoms with Crippen molar-refractivity contribution in [2.45, 2.75) is 76.5 Å². The molecule has 0 aliphatic carbocycles. The standard InChI is InChI=1S/C16H30N2O/c1-12(2)18(11-13-5-7-19-8-6-13)16-9-14-3-4-15(10-16)17-14/h12-17H,3-11H2,1-2H3/t14-,15+,16?. The van der Waals surface area contributed by atoms with E-state index >= 15 is 0 Å². The Morgan fingerprint density at radius 1 is 1.05 bits per heavy atom. The largest absolute Gasteiger partial charge is 0.381 e. The third-order valence-corrected chi connectivity index (χ3v) is 5.39. The second-order valence-corrected chi connectivity index (χ2v) is 7.11. The zero-order valence-electron chi connectivity index (χ0n) is 12.6. The quantitative estimate of drug-likeness (QED) is 0.845. The topological polar surface area (TPSA) is 24.5 Å². The molecule has 110 valence electrons. The van der Waals surface area contributed by atoms with Crippen molar-refractivity contribution in [3.63, 3.8) is 0 Å². The molecule has 3 fully saturated rings. The van der Waals surface area contributed by atoms with Crippen molar-refractivity contribution in [2.75, 3.05) is 19.8 Å². The van der Waals surface area contributed by atoms with Crippen LogP contribution in [0.15, 0.2) is 0 Å². The van der Waals surface area contributed by atoms with Gasteiger partial charge < -0.3 is 10.1 Å². The fraction of sp³-hybridized carbons (Fsp3) is 1.00. The van der Waals surface area contributed by atoms with E-state index in [9.17, 15) is 0 Å². The number of piperidine rings is 1. The van der Waals surface area contributed by atoms with Crippen LogP contribution in [0, 0.1) is 5.92 Å². The van der Waals surface area contributed by atoms with Gasteiger partial charge in [-0.1, -0.05) is 0 Å². The molecule has 0 radical (unpaired) electrons. The molecule has 1 unspecified atom stereocenters. The Morgan fingerprint density at radius 3 is 2.26 bits per heavy atom. The maximum Gasteiger partial charge on any atom is 0.0469 e. The fourth-order valence-electron chi connectivity index (χ4n) is 4.31. The van der Waals surface area contributed by atoms with Crippen LogP contribution >= 0.6 is 0 Å². The summed E-state index contributed by atoms with van der Waals surface area (Å²) in [5, 5.41) is 3.77. The first-order valence-corrected chi connectivity index (χ1v) is 8.32. The van der Waals surface area contributed by atoms with E-state index in [2.05, 4.69) is 24.1 Å². The van der Waals surface area contributed by atoms with E-state index in [-0.39, 0.29) is 0 Å². The normalized spacial score (nSPS) is 36.3. The number of rotatable bonds is 4. The van der Waals surface area contributed by atoms with Gasteiger partial charge in [0.15, 0.2) is 0 Å². The number of nitrogens with zero attached hydrogens (tertiary/aromatic N) is 1. The Labute approximate surface area is 118 Å². The molecule has 0 aromatic rings. The molecule has 3 aliphatic heterocycles. The molecule has 3 atom stereocenters. The maximum atomic E-state index is 5.50. The number of hydrogen-bond acceptors (Lipinski definition) is 3. The van der Waals surface area contributed by atoms with Crippen LogP contribution in [0.5, 0.6) is 0 Å². The summed E-state index contributed by atoms with van der Waals surface area (Å²) in [7, 11) is 0. The third kappa shape index (κ3) is 3.32. The highest BCUT2D eigenvalue weighted by molar-refractivity contribution is 4.96. The number of ether oxygens (including phenoxy) is 1. The molecule has 0 saturated carbocycles. The van der Waals surface area contributed by atoms with Crippen LogP contribution in [0.25, 0.3) is 0 Å². The van der Waals surface area contributed by atoms with Gasteiger partial charge in [0, 0.05) is 43.9 Å². The van der Waals surface area contributed by atoms with E-state index in [1.807, 2.05) is 0 Å². The average Bonchev–Trinajstić information content (AvgIpc) is 2.76. The maximum absolute atomic E-state index is 5.50. The average molecular weight is 266 g/mol. The van der Waals surface area contributed by atoms with Crippen molar-refractivity contribution in [1.82, 2.24) is 10.2 Å². The van der Waals surface area contributed by atoms with Gasteiger partial charge in [0.1, 0.15) is 0 Å². The lowest BCUT2D eigenvalue weighted by Gasteiger charge is -2.42. The van der Waals surface area contributed by atoms with Crippen molar-refractivity contribution in [3.8, 4) is 0 Å². The monoisotopic (exact) mass is 266 g/mol. The lowest BCUT2D eigenvalue weighted by atomic mass is 9.93. The van der Waals surface area contributed by atoms with E-state index in [1.54, 1.807) is 0 Å². The second kappa shape index (κ2) is 6.11. The molecule has 3 rings (SSSR count). The molecule has 0 amide bonds. The molecular weight excluding hydrogens is 236 g/mol. The van der Waals surface area contributed by atoms with Gasteiger partial charge in [-0.3, -0.25) is 4.90 Å². The molecule has 3 heterocycles. The van der Waals surface area contributed by atoms with Crippen LogP contribution < -0.4 is 5.32 Å². The molecule has 19 heavy (non-hydrogen) atoms. The summed E-state index contributed by atoms with van der Waals surface area (Å²) in [4.78, 5) is 2.81. The summed E-state index contributed by atoms with van der Waals surface area (Å²) < 4.78 is 5.50. The zero-order valence-corrected chi connectivity index (χ0v) is 12.6. The SMILES string of the molecule is CC(C)N(CC1CCOCC1)C1C[C@H]2CC[C@@H](C1)N2. The lowest BCUT2D eigenvalue weighted by Crippen LogP contribution is -2.52. The minimum absolute atomic E-state index is 0.686. The van der Waals surface area contributed by atoms with E-state index in [0.29, 0.717) is 6.04 Å². The third-order valence-electron chi connectivity index (χ3n) is 5.39. The highest BCUT2D eigenvalue weighted by Crippen LogP contribution is 2.31. The Bertz CT molecular complexity index is 276. The minimum atomic E-state index is 0.686. The van der Waals surface area contributed by atoms with Gasteiger partial charge in [0.05, 0.1) is 0 Å². The van der Waals surface area contributed by atoms with E-state index in [4.69, 9.17) is 4.74 Å². The van der Waals surface area contributed by atoms with Crippen molar-refractivity contribution in [1.29, 1.82) is 0 Å². The Hall–Kier alpha value is -0.120. The number of hydrogen-bond donors (Lipinski definition) is 1. The summed E-state index contributed by atoms with van der Waals surface area (Å²) in [6.45, 7) is 8.01. The summed E-state index contributed by atoms with van der Waals surface area (Å²) in [5.74, 6) is 0.865. The van der Waals surface area contributed by atoms with Gasteiger partial charge in [-0.05, 0) is 58.3 Å². The molecule has 3 saturated heterocycles. The first-order chi connectivity index (χ1) is 9.22. The van der Waals surface area contributed by atoms with Gasteiger partial charge in [-0.2, -0.15) is 0 Å². The smallest absolute Gasteiger partial charge is 0.0469 e.